The number of carbonyl (C=O) groups excluding carboxylic acids is 2. The molecule has 4 rings (SSSR count). The zero-order chi connectivity index (χ0) is 26.5. The van der Waals surface area contributed by atoms with E-state index in [4.69, 9.17) is 5.41 Å². The summed E-state index contributed by atoms with van der Waals surface area (Å²) in [7, 11) is 1.71. The molecule has 2 aliphatic rings. The Bertz CT molecular complexity index is 1150. The van der Waals surface area contributed by atoms with Crippen LogP contribution in [0.5, 0.6) is 0 Å². The number of nitrogens with zero attached hydrogens (tertiary/aromatic N) is 2. The van der Waals surface area contributed by atoms with Crippen LogP contribution < -0.4 is 15.5 Å². The van der Waals surface area contributed by atoms with Gasteiger partial charge in [-0.3, -0.25) is 9.59 Å². The number of ketones is 1. The molecular weight excluding hydrogens is 469 g/mol. The van der Waals surface area contributed by atoms with E-state index in [-0.39, 0.29) is 29.1 Å². The molecule has 0 unspecified atom stereocenters. The molecule has 3 atom stereocenters. The van der Waals surface area contributed by atoms with Crippen LogP contribution in [-0.4, -0.2) is 48.1 Å². The number of fused-ring (bicyclic) bond motifs is 1. The highest BCUT2D eigenvalue weighted by atomic mass is 19.1. The molecule has 8 heteroatoms. The molecule has 3 N–H and O–H groups in total. The van der Waals surface area contributed by atoms with Crippen LogP contribution in [0.3, 0.4) is 0 Å². The van der Waals surface area contributed by atoms with Gasteiger partial charge in [-0.05, 0) is 81.0 Å². The molecule has 1 aromatic heterocycles. The van der Waals surface area contributed by atoms with Crippen molar-refractivity contribution in [2.75, 3.05) is 18.5 Å². The number of anilines is 2. The third-order valence-electron chi connectivity index (χ3n) is 7.94. The van der Waals surface area contributed by atoms with Crippen molar-refractivity contribution in [3.8, 4) is 0 Å². The number of likely N-dealkylation sites (N-methyl/N-ethyl adjacent to an activating group) is 1. The predicted octanol–water partition coefficient (Wildman–Crippen LogP) is 4.67. The number of hydrogen-bond donors (Lipinski definition) is 3. The van der Waals surface area contributed by atoms with Gasteiger partial charge in [-0.25, -0.2) is 9.37 Å². The monoisotopic (exact) mass is 507 g/mol. The van der Waals surface area contributed by atoms with Gasteiger partial charge in [0.25, 0.3) is 0 Å². The van der Waals surface area contributed by atoms with Gasteiger partial charge >= 0.3 is 0 Å². The van der Waals surface area contributed by atoms with E-state index in [0.717, 1.165) is 55.3 Å². The Labute approximate surface area is 218 Å². The number of hydrogen-bond acceptors (Lipinski definition) is 6. The summed E-state index contributed by atoms with van der Waals surface area (Å²) in [6.07, 6.45) is 8.01. The van der Waals surface area contributed by atoms with Gasteiger partial charge in [0.05, 0.1) is 17.8 Å². The lowest BCUT2D eigenvalue weighted by Crippen LogP contribution is -2.53. The Morgan fingerprint density at radius 3 is 2.65 bits per heavy atom. The van der Waals surface area contributed by atoms with E-state index in [9.17, 15) is 14.0 Å². The van der Waals surface area contributed by atoms with E-state index in [2.05, 4.69) is 15.6 Å². The summed E-state index contributed by atoms with van der Waals surface area (Å²) in [4.78, 5) is 33.0. The normalized spacial score (nSPS) is 18.1. The fourth-order valence-corrected chi connectivity index (χ4v) is 5.61. The van der Waals surface area contributed by atoms with Gasteiger partial charge < -0.3 is 20.9 Å². The summed E-state index contributed by atoms with van der Waals surface area (Å²) in [5, 5.41) is 14.9. The molecule has 198 valence electrons. The standard InChI is InChI=1S/C29H38FN5O2/c1-4-23(21-12-14-33-25(16-21)35-15-13-19-10-11-22(30)17-24(19)35)26(31)28(36)27(20-8-6-5-7-9-20)34-29(37)18(2)32-3/h10-12,14,16-18,20,23,27,31-32H,4-9,13,15H2,1-3H3,(H,34,37)/t18-,23-,27-/m0/s1. The summed E-state index contributed by atoms with van der Waals surface area (Å²) in [6, 6.07) is 7.46. The summed E-state index contributed by atoms with van der Waals surface area (Å²) in [6.45, 7) is 4.42. The summed E-state index contributed by atoms with van der Waals surface area (Å²) < 4.78 is 14.0. The Hall–Kier alpha value is -3.13. The summed E-state index contributed by atoms with van der Waals surface area (Å²) in [5.74, 6) is -0.519. The molecule has 2 heterocycles. The van der Waals surface area contributed by atoms with Crippen molar-refractivity contribution in [3.05, 3.63) is 53.5 Å². The second kappa shape index (κ2) is 11.9. The lowest BCUT2D eigenvalue weighted by atomic mass is 9.78. The smallest absolute Gasteiger partial charge is 0.237 e. The second-order valence-corrected chi connectivity index (χ2v) is 10.3. The van der Waals surface area contributed by atoms with Gasteiger partial charge in [0.1, 0.15) is 11.6 Å². The first kappa shape index (κ1) is 26.9. The van der Waals surface area contributed by atoms with Crippen molar-refractivity contribution in [2.45, 2.75) is 76.8 Å². The van der Waals surface area contributed by atoms with E-state index in [1.165, 1.54) is 12.1 Å². The van der Waals surface area contributed by atoms with Gasteiger partial charge in [0, 0.05) is 24.3 Å². The molecule has 1 aliphatic carbocycles. The lowest BCUT2D eigenvalue weighted by Gasteiger charge is -2.32. The number of aromatic nitrogens is 1. The molecule has 1 saturated carbocycles. The third kappa shape index (κ3) is 5.90. The molecule has 1 aromatic carbocycles. The molecule has 0 bridgehead atoms. The van der Waals surface area contributed by atoms with Gasteiger partial charge in [0.2, 0.25) is 5.91 Å². The van der Waals surface area contributed by atoms with Crippen molar-refractivity contribution in [1.82, 2.24) is 15.6 Å². The largest absolute Gasteiger partial charge is 0.344 e. The fraction of sp³-hybridized carbons (Fsp3) is 0.517. The molecule has 0 radical (unpaired) electrons. The minimum Gasteiger partial charge on any atom is -0.344 e. The Kier molecular flexibility index (Phi) is 8.69. The number of pyridine rings is 1. The number of halogens is 1. The predicted molar refractivity (Wildman–Crippen MR) is 144 cm³/mol. The molecular formula is C29H38FN5O2. The van der Waals surface area contributed by atoms with Crippen molar-refractivity contribution in [2.24, 2.45) is 5.92 Å². The van der Waals surface area contributed by atoms with Crippen LogP contribution in [-0.2, 0) is 16.0 Å². The van der Waals surface area contributed by atoms with Crippen LogP contribution in [0.1, 0.15) is 69.4 Å². The van der Waals surface area contributed by atoms with Crippen molar-refractivity contribution < 1.29 is 14.0 Å². The Balaban J connectivity index is 1.58. The topological polar surface area (TPSA) is 98.2 Å². The minimum absolute atomic E-state index is 0.0144. The van der Waals surface area contributed by atoms with E-state index >= 15 is 0 Å². The van der Waals surface area contributed by atoms with Crippen molar-refractivity contribution in [3.63, 3.8) is 0 Å². The average Bonchev–Trinajstić information content (AvgIpc) is 3.34. The van der Waals surface area contributed by atoms with Gasteiger partial charge in [-0.2, -0.15) is 0 Å². The molecule has 0 saturated heterocycles. The molecule has 1 fully saturated rings. The van der Waals surface area contributed by atoms with Gasteiger partial charge in [-0.1, -0.05) is 32.3 Å². The number of benzene rings is 1. The summed E-state index contributed by atoms with van der Waals surface area (Å²) in [5.41, 5.74) is 2.72. The molecule has 0 spiro atoms. The molecule has 1 aliphatic heterocycles. The van der Waals surface area contributed by atoms with Gasteiger partial charge in [0.15, 0.2) is 5.78 Å². The highest BCUT2D eigenvalue weighted by Crippen LogP contribution is 2.36. The number of rotatable bonds is 10. The molecule has 1 amide bonds. The van der Waals surface area contributed by atoms with E-state index in [1.54, 1.807) is 20.2 Å². The number of nitrogens with one attached hydrogen (secondary N) is 3. The van der Waals surface area contributed by atoms with Gasteiger partial charge in [-0.15, -0.1) is 0 Å². The maximum Gasteiger partial charge on any atom is 0.237 e. The lowest BCUT2D eigenvalue weighted by molar-refractivity contribution is -0.127. The van der Waals surface area contributed by atoms with Crippen LogP contribution in [0.15, 0.2) is 36.5 Å². The van der Waals surface area contributed by atoms with Crippen LogP contribution in [0.25, 0.3) is 0 Å². The van der Waals surface area contributed by atoms with E-state index in [0.29, 0.717) is 18.8 Å². The highest BCUT2D eigenvalue weighted by molar-refractivity contribution is 6.42. The average molecular weight is 508 g/mol. The van der Waals surface area contributed by atoms with E-state index in [1.807, 2.05) is 30.0 Å². The molecule has 37 heavy (non-hydrogen) atoms. The minimum atomic E-state index is -0.695. The summed E-state index contributed by atoms with van der Waals surface area (Å²) >= 11 is 0. The Morgan fingerprint density at radius 2 is 1.95 bits per heavy atom. The Morgan fingerprint density at radius 1 is 1.19 bits per heavy atom. The van der Waals surface area contributed by atoms with Crippen LogP contribution in [0.2, 0.25) is 0 Å². The molecule has 7 nitrogen and oxygen atoms in total. The van der Waals surface area contributed by atoms with Crippen molar-refractivity contribution in [1.29, 1.82) is 5.41 Å². The highest BCUT2D eigenvalue weighted by Gasteiger charge is 2.36. The zero-order valence-corrected chi connectivity index (χ0v) is 22.0. The second-order valence-electron chi connectivity index (χ2n) is 10.3. The first-order chi connectivity index (χ1) is 17.8. The number of amides is 1. The van der Waals surface area contributed by atoms with Crippen LogP contribution in [0, 0.1) is 17.1 Å². The molecule has 2 aromatic rings. The first-order valence-corrected chi connectivity index (χ1v) is 13.5. The zero-order valence-electron chi connectivity index (χ0n) is 22.0. The van der Waals surface area contributed by atoms with E-state index < -0.39 is 18.0 Å². The number of carbonyl (C=O) groups is 2. The first-order valence-electron chi connectivity index (χ1n) is 13.5. The van der Waals surface area contributed by atoms with Crippen LogP contribution >= 0.6 is 0 Å². The van der Waals surface area contributed by atoms with Crippen molar-refractivity contribution >= 4 is 28.9 Å². The number of Topliss-reactive ketones (excluding diaryl/α,β-unsaturated/α-hetero) is 1. The maximum atomic E-state index is 14.0. The SMILES string of the molecule is CC[C@H](C(=N)C(=O)[C@@H](NC(=O)[C@H](C)NC)C1CCCCC1)c1ccnc(N2CCc3ccc(F)cc32)c1. The quantitative estimate of drug-likeness (QED) is 0.406. The third-order valence-corrected chi connectivity index (χ3v) is 7.94. The maximum absolute atomic E-state index is 14.0. The van der Waals surface area contributed by atoms with Crippen LogP contribution in [0.4, 0.5) is 15.9 Å². The fourth-order valence-electron chi connectivity index (χ4n) is 5.61.